The van der Waals surface area contributed by atoms with Crippen molar-refractivity contribution in [3.05, 3.63) is 65.1 Å². The third-order valence-corrected chi connectivity index (χ3v) is 8.89. The molecule has 6 rings (SSSR count). The van der Waals surface area contributed by atoms with E-state index in [2.05, 4.69) is 31.2 Å². The lowest BCUT2D eigenvalue weighted by atomic mass is 9.93. The maximum Gasteiger partial charge on any atom is 0.333 e. The average Bonchev–Trinajstić information content (AvgIpc) is 3.26. The van der Waals surface area contributed by atoms with Crippen molar-refractivity contribution in [3.8, 4) is 11.1 Å². The number of rotatable bonds is 8. The summed E-state index contributed by atoms with van der Waals surface area (Å²) < 4.78 is 32.4. The second-order valence-corrected chi connectivity index (χ2v) is 12.2. The van der Waals surface area contributed by atoms with Gasteiger partial charge in [0.25, 0.3) is 10.0 Å². The Labute approximate surface area is 228 Å². The number of pyridine rings is 1. The zero-order valence-corrected chi connectivity index (χ0v) is 23.3. The standard InChI is InChI=1S/C28H33N7O3S/c1-4-33(3)17-23-16-25(31-35(23)21-8-9-21)39(37,38)32-28(36)30-27-24-7-5-6-19(24)14-18(2)26(27)20-11-13-34-22(15-20)10-12-29-34/h10-16,21H,4-9,17H2,1-3H3,(H2,30,32,36). The van der Waals surface area contributed by atoms with Crippen molar-refractivity contribution in [2.75, 3.05) is 18.9 Å². The molecule has 39 heavy (non-hydrogen) atoms. The molecule has 3 heterocycles. The van der Waals surface area contributed by atoms with E-state index in [0.29, 0.717) is 12.2 Å². The van der Waals surface area contributed by atoms with Crippen LogP contribution in [0.25, 0.3) is 16.6 Å². The number of carbonyl (C=O) groups is 1. The summed E-state index contributed by atoms with van der Waals surface area (Å²) in [4.78, 5) is 15.4. The Morgan fingerprint density at radius 1 is 1.18 bits per heavy atom. The first kappa shape index (κ1) is 25.6. The number of aromatic nitrogens is 4. The molecule has 11 heteroatoms. The quantitative estimate of drug-likeness (QED) is 0.340. The smallest absolute Gasteiger partial charge is 0.306 e. The number of hydrogen-bond acceptors (Lipinski definition) is 6. The Balaban J connectivity index is 1.31. The largest absolute Gasteiger partial charge is 0.333 e. The second kappa shape index (κ2) is 9.80. The van der Waals surface area contributed by atoms with Crippen LogP contribution in [-0.2, 0) is 29.4 Å². The number of hydrogen-bond donors (Lipinski definition) is 2. The lowest BCUT2D eigenvalue weighted by Gasteiger charge is -2.19. The lowest BCUT2D eigenvalue weighted by molar-refractivity contribution is 0.256. The highest BCUT2D eigenvalue weighted by Gasteiger charge is 2.31. The van der Waals surface area contributed by atoms with Gasteiger partial charge in [-0.25, -0.2) is 14.0 Å². The molecule has 0 bridgehead atoms. The summed E-state index contributed by atoms with van der Waals surface area (Å²) >= 11 is 0. The molecular formula is C28H33N7O3S. The normalized spacial score (nSPS) is 15.2. The van der Waals surface area contributed by atoms with E-state index >= 15 is 0 Å². The Bertz CT molecular complexity index is 1680. The minimum Gasteiger partial charge on any atom is -0.306 e. The summed E-state index contributed by atoms with van der Waals surface area (Å²) in [6, 6.07) is 9.09. The van der Waals surface area contributed by atoms with Gasteiger partial charge in [-0.15, -0.1) is 0 Å². The van der Waals surface area contributed by atoms with Crippen LogP contribution in [0.5, 0.6) is 0 Å². The van der Waals surface area contributed by atoms with E-state index in [1.54, 1.807) is 21.5 Å². The molecule has 0 unspecified atom stereocenters. The maximum atomic E-state index is 13.3. The van der Waals surface area contributed by atoms with Crippen LogP contribution in [0.2, 0.25) is 0 Å². The lowest BCUT2D eigenvalue weighted by Crippen LogP contribution is -2.35. The molecule has 0 aliphatic heterocycles. The predicted molar refractivity (Wildman–Crippen MR) is 149 cm³/mol. The minimum atomic E-state index is -4.18. The summed E-state index contributed by atoms with van der Waals surface area (Å²) in [7, 11) is -2.20. The number of fused-ring (bicyclic) bond motifs is 2. The van der Waals surface area contributed by atoms with Gasteiger partial charge in [-0.05, 0) is 93.1 Å². The Hall–Kier alpha value is -3.70. The van der Waals surface area contributed by atoms with Crippen LogP contribution in [0.15, 0.2) is 47.8 Å². The van der Waals surface area contributed by atoms with Crippen molar-refractivity contribution >= 4 is 27.3 Å². The van der Waals surface area contributed by atoms with Crippen molar-refractivity contribution in [3.63, 3.8) is 0 Å². The van der Waals surface area contributed by atoms with Crippen LogP contribution in [0.3, 0.4) is 0 Å². The van der Waals surface area contributed by atoms with E-state index in [-0.39, 0.29) is 11.1 Å². The van der Waals surface area contributed by atoms with Gasteiger partial charge >= 0.3 is 6.03 Å². The Morgan fingerprint density at radius 2 is 2.00 bits per heavy atom. The molecule has 0 radical (unpaired) electrons. The number of sulfonamides is 1. The predicted octanol–water partition coefficient (Wildman–Crippen LogP) is 4.29. The third kappa shape index (κ3) is 4.92. The number of nitrogens with zero attached hydrogens (tertiary/aromatic N) is 5. The first-order valence-corrected chi connectivity index (χ1v) is 14.9. The highest BCUT2D eigenvalue weighted by Crippen LogP contribution is 2.40. The van der Waals surface area contributed by atoms with Crippen LogP contribution in [0, 0.1) is 6.92 Å². The zero-order valence-electron chi connectivity index (χ0n) is 22.4. The topological polar surface area (TPSA) is 114 Å². The number of urea groups is 1. The van der Waals surface area contributed by atoms with E-state index in [1.807, 2.05) is 45.3 Å². The summed E-state index contributed by atoms with van der Waals surface area (Å²) in [5, 5.41) is 11.5. The number of aryl methyl sites for hydroxylation is 2. The first-order chi connectivity index (χ1) is 18.7. The van der Waals surface area contributed by atoms with Crippen molar-refractivity contribution in [2.45, 2.75) is 63.6 Å². The molecule has 204 valence electrons. The fourth-order valence-corrected chi connectivity index (χ4v) is 6.36. The molecule has 2 aliphatic rings. The summed E-state index contributed by atoms with van der Waals surface area (Å²) in [6.45, 7) is 5.48. The van der Waals surface area contributed by atoms with Gasteiger partial charge in [-0.2, -0.15) is 18.6 Å². The second-order valence-electron chi connectivity index (χ2n) is 10.6. The van der Waals surface area contributed by atoms with Crippen molar-refractivity contribution in [1.82, 2.24) is 29.0 Å². The molecule has 3 aromatic heterocycles. The van der Waals surface area contributed by atoms with Crippen molar-refractivity contribution < 1.29 is 13.2 Å². The van der Waals surface area contributed by atoms with Crippen LogP contribution < -0.4 is 10.0 Å². The molecule has 4 aromatic rings. The molecule has 2 amide bonds. The van der Waals surface area contributed by atoms with E-state index in [4.69, 9.17) is 0 Å². The summed E-state index contributed by atoms with van der Waals surface area (Å²) in [5.41, 5.74) is 7.50. The molecular weight excluding hydrogens is 514 g/mol. The number of benzene rings is 1. The van der Waals surface area contributed by atoms with E-state index in [1.165, 1.54) is 5.56 Å². The third-order valence-electron chi connectivity index (χ3n) is 7.68. The van der Waals surface area contributed by atoms with E-state index < -0.39 is 16.1 Å². The fourth-order valence-electron chi connectivity index (χ4n) is 5.47. The molecule has 0 atom stereocenters. The summed E-state index contributed by atoms with van der Waals surface area (Å²) in [6.07, 6.45) is 8.31. The highest BCUT2D eigenvalue weighted by atomic mass is 32.2. The molecule has 2 N–H and O–H groups in total. The van der Waals surface area contributed by atoms with Crippen LogP contribution in [0.4, 0.5) is 10.5 Å². The molecule has 1 aromatic carbocycles. The monoisotopic (exact) mass is 547 g/mol. The SMILES string of the molecule is CCN(C)Cc1cc(S(=O)(=O)NC(=O)Nc2c3c(cc(C)c2-c2ccn4nccc4c2)CCC3)nn1C1CC1. The van der Waals surface area contributed by atoms with Crippen LogP contribution in [-0.4, -0.2) is 52.3 Å². The van der Waals surface area contributed by atoms with Gasteiger partial charge < -0.3 is 10.2 Å². The number of nitrogens with one attached hydrogen (secondary N) is 2. The minimum absolute atomic E-state index is 0.134. The molecule has 0 spiro atoms. The highest BCUT2D eigenvalue weighted by molar-refractivity contribution is 7.90. The van der Waals surface area contributed by atoms with Crippen LogP contribution >= 0.6 is 0 Å². The van der Waals surface area contributed by atoms with Gasteiger partial charge in [0.05, 0.1) is 22.9 Å². The van der Waals surface area contributed by atoms with Gasteiger partial charge in [0.2, 0.25) is 0 Å². The zero-order chi connectivity index (χ0) is 27.3. The molecule has 10 nitrogen and oxygen atoms in total. The van der Waals surface area contributed by atoms with Crippen LogP contribution in [0.1, 0.15) is 54.6 Å². The molecule has 1 saturated carbocycles. The van der Waals surface area contributed by atoms with Gasteiger partial charge in [-0.3, -0.25) is 4.68 Å². The van der Waals surface area contributed by atoms with E-state index in [0.717, 1.165) is 72.1 Å². The van der Waals surface area contributed by atoms with Crippen molar-refractivity contribution in [2.24, 2.45) is 0 Å². The number of anilines is 1. The molecule has 0 saturated heterocycles. The average molecular weight is 548 g/mol. The Kier molecular flexibility index (Phi) is 6.43. The van der Waals surface area contributed by atoms with Gasteiger partial charge in [0, 0.05) is 30.6 Å². The van der Waals surface area contributed by atoms with E-state index in [9.17, 15) is 13.2 Å². The van der Waals surface area contributed by atoms with Crippen molar-refractivity contribution in [1.29, 1.82) is 0 Å². The fraction of sp³-hybridized carbons (Fsp3) is 0.393. The van der Waals surface area contributed by atoms with Gasteiger partial charge in [-0.1, -0.05) is 13.0 Å². The Morgan fingerprint density at radius 3 is 2.77 bits per heavy atom. The first-order valence-electron chi connectivity index (χ1n) is 13.4. The number of carbonyl (C=O) groups excluding carboxylic acids is 1. The van der Waals surface area contributed by atoms with Gasteiger partial charge in [0.1, 0.15) is 0 Å². The molecule has 1 fully saturated rings. The molecule has 2 aliphatic carbocycles. The van der Waals surface area contributed by atoms with Gasteiger partial charge in [0.15, 0.2) is 5.03 Å². The summed E-state index contributed by atoms with van der Waals surface area (Å²) in [5.74, 6) is 0. The number of amides is 2. The maximum absolute atomic E-state index is 13.3.